The van der Waals surface area contributed by atoms with E-state index in [0.717, 1.165) is 21.0 Å². The minimum atomic E-state index is -4.19. The Morgan fingerprint density at radius 3 is 2.38 bits per heavy atom. The highest BCUT2D eigenvalue weighted by Crippen LogP contribution is 2.36. The summed E-state index contributed by atoms with van der Waals surface area (Å²) in [6.07, 6.45) is 0.390. The zero-order valence-corrected chi connectivity index (χ0v) is 12.5. The van der Waals surface area contributed by atoms with Crippen molar-refractivity contribution in [2.45, 2.75) is 16.2 Å². The number of hydrogen-bond donors (Lipinski definition) is 3. The van der Waals surface area contributed by atoms with Gasteiger partial charge in [0.1, 0.15) is 0 Å². The Bertz CT molecular complexity index is 754. The van der Waals surface area contributed by atoms with Crippen molar-refractivity contribution in [1.82, 2.24) is 0 Å². The van der Waals surface area contributed by atoms with Crippen LogP contribution >= 0.6 is 19.4 Å². The molecule has 0 atom stereocenters. The second-order valence-corrected chi connectivity index (χ2v) is 7.44. The zero-order valence-electron chi connectivity index (χ0n) is 10.8. The predicted molar refractivity (Wildman–Crippen MR) is 81.0 cm³/mol. The highest BCUT2D eigenvalue weighted by molar-refractivity contribution is 7.99. The van der Waals surface area contributed by atoms with Crippen LogP contribution in [-0.2, 0) is 15.8 Å². The molecule has 21 heavy (non-hydrogen) atoms. The average molecular weight is 321 g/mol. The lowest BCUT2D eigenvalue weighted by Gasteiger charge is -2.06. The minimum absolute atomic E-state index is 0.00172. The molecule has 0 unspecified atom stereocenters. The summed E-state index contributed by atoms with van der Waals surface area (Å²) < 4.78 is 11.1. The number of fused-ring (bicyclic) bond motifs is 1. The van der Waals surface area contributed by atoms with Gasteiger partial charge >= 0.3 is 7.60 Å². The van der Waals surface area contributed by atoms with Gasteiger partial charge in [-0.05, 0) is 48.0 Å². The first-order valence-electron chi connectivity index (χ1n) is 6.19. The molecule has 0 saturated heterocycles. The molecule has 5 nitrogen and oxygen atoms in total. The van der Waals surface area contributed by atoms with Crippen LogP contribution in [0.15, 0.2) is 52.3 Å². The van der Waals surface area contributed by atoms with E-state index in [-0.39, 0.29) is 11.2 Å². The minimum Gasteiger partial charge on any atom is -0.326 e. The second-order valence-electron chi connectivity index (χ2n) is 4.68. The van der Waals surface area contributed by atoms with Crippen LogP contribution in [-0.4, -0.2) is 15.7 Å². The third kappa shape index (κ3) is 3.19. The number of rotatable bonds is 3. The van der Waals surface area contributed by atoms with E-state index >= 15 is 0 Å². The number of benzene rings is 2. The molecule has 0 radical (unpaired) electrons. The van der Waals surface area contributed by atoms with Crippen LogP contribution in [0.1, 0.15) is 5.56 Å². The van der Waals surface area contributed by atoms with E-state index in [4.69, 9.17) is 9.79 Å². The molecule has 0 aromatic heterocycles. The molecule has 0 aliphatic carbocycles. The van der Waals surface area contributed by atoms with Crippen molar-refractivity contribution in [1.29, 1.82) is 0 Å². The molecule has 0 saturated carbocycles. The Morgan fingerprint density at radius 1 is 1.05 bits per heavy atom. The van der Waals surface area contributed by atoms with Crippen LogP contribution in [0.2, 0.25) is 0 Å². The molecule has 3 N–H and O–H groups in total. The Kier molecular flexibility index (Phi) is 3.63. The number of hydrogen-bond acceptors (Lipinski definition) is 3. The maximum absolute atomic E-state index is 11.3. The van der Waals surface area contributed by atoms with Crippen LogP contribution in [0.3, 0.4) is 0 Å². The second kappa shape index (κ2) is 5.31. The van der Waals surface area contributed by atoms with Crippen molar-refractivity contribution in [3.05, 3.63) is 48.0 Å². The van der Waals surface area contributed by atoms with Crippen molar-refractivity contribution in [3.8, 4) is 0 Å². The van der Waals surface area contributed by atoms with E-state index < -0.39 is 7.60 Å². The third-order valence-electron chi connectivity index (χ3n) is 3.11. The Morgan fingerprint density at radius 2 is 1.71 bits per heavy atom. The van der Waals surface area contributed by atoms with Gasteiger partial charge in [0.2, 0.25) is 5.91 Å². The summed E-state index contributed by atoms with van der Waals surface area (Å²) in [4.78, 5) is 31.3. The summed E-state index contributed by atoms with van der Waals surface area (Å²) in [5.41, 5.74) is 1.82. The molecule has 7 heteroatoms. The van der Waals surface area contributed by atoms with Gasteiger partial charge < -0.3 is 15.1 Å². The molecular formula is C14H12NO4PS. The highest BCUT2D eigenvalue weighted by atomic mass is 32.2. The molecule has 1 aliphatic heterocycles. The molecule has 2 aromatic rings. The predicted octanol–water partition coefficient (Wildman–Crippen LogP) is 2.14. The molecule has 108 valence electrons. The highest BCUT2D eigenvalue weighted by Gasteiger charge is 2.18. The van der Waals surface area contributed by atoms with Crippen LogP contribution in [0, 0.1) is 0 Å². The third-order valence-corrected chi connectivity index (χ3v) is 5.08. The van der Waals surface area contributed by atoms with E-state index in [1.165, 1.54) is 23.9 Å². The Labute approximate surface area is 125 Å². The fraction of sp³-hybridized carbons (Fsp3) is 0.0714. The number of amides is 1. The molecule has 3 rings (SSSR count). The lowest BCUT2D eigenvalue weighted by atomic mass is 10.2. The van der Waals surface area contributed by atoms with Gasteiger partial charge in [0.15, 0.2) is 0 Å². The molecule has 0 bridgehead atoms. The first-order valence-corrected chi connectivity index (χ1v) is 8.61. The standard InChI is InChI=1S/C14H12NO4PS/c16-14-8-9-7-12(5-6-13(9)15-14)21-11-3-1-10(2-4-11)20(17,18)19/h1-7H,8H2,(H,15,16)(H2,17,18,19). The summed E-state index contributed by atoms with van der Waals surface area (Å²) >= 11 is 1.48. The van der Waals surface area contributed by atoms with Gasteiger partial charge in [0.25, 0.3) is 0 Å². The zero-order chi connectivity index (χ0) is 15.0. The number of carbonyl (C=O) groups excluding carboxylic acids is 1. The molecule has 2 aromatic carbocycles. The summed E-state index contributed by atoms with van der Waals surface area (Å²) in [7, 11) is -4.19. The van der Waals surface area contributed by atoms with Gasteiger partial charge in [-0.3, -0.25) is 9.36 Å². The fourth-order valence-electron chi connectivity index (χ4n) is 2.11. The van der Waals surface area contributed by atoms with Gasteiger partial charge in [-0.15, -0.1) is 0 Å². The van der Waals surface area contributed by atoms with Crippen LogP contribution in [0.25, 0.3) is 0 Å². The van der Waals surface area contributed by atoms with Crippen LogP contribution < -0.4 is 10.6 Å². The van der Waals surface area contributed by atoms with Crippen molar-refractivity contribution in [2.24, 2.45) is 0 Å². The fourth-order valence-corrected chi connectivity index (χ4v) is 3.53. The monoisotopic (exact) mass is 321 g/mol. The van der Waals surface area contributed by atoms with Gasteiger partial charge in [0.05, 0.1) is 11.7 Å². The van der Waals surface area contributed by atoms with Crippen molar-refractivity contribution in [3.63, 3.8) is 0 Å². The SMILES string of the molecule is O=C1Cc2cc(Sc3ccc(P(=O)(O)O)cc3)ccc2N1. The lowest BCUT2D eigenvalue weighted by Crippen LogP contribution is -2.03. The topological polar surface area (TPSA) is 86.6 Å². The van der Waals surface area contributed by atoms with Gasteiger partial charge in [-0.2, -0.15) is 0 Å². The average Bonchev–Trinajstić information content (AvgIpc) is 2.78. The summed E-state index contributed by atoms with van der Waals surface area (Å²) in [6.45, 7) is 0. The van der Waals surface area contributed by atoms with Crippen molar-refractivity contribution in [2.75, 3.05) is 5.32 Å². The lowest BCUT2D eigenvalue weighted by molar-refractivity contribution is -0.115. The quantitative estimate of drug-likeness (QED) is 0.754. The molecule has 0 spiro atoms. The molecule has 1 amide bonds. The van der Waals surface area contributed by atoms with E-state index in [9.17, 15) is 9.36 Å². The molecule has 1 aliphatic rings. The van der Waals surface area contributed by atoms with Gasteiger partial charge in [-0.25, -0.2) is 0 Å². The first kappa shape index (κ1) is 14.4. The van der Waals surface area contributed by atoms with Crippen molar-refractivity contribution >= 4 is 36.3 Å². The van der Waals surface area contributed by atoms with Crippen molar-refractivity contribution < 1.29 is 19.1 Å². The normalized spacial score (nSPS) is 13.9. The summed E-state index contributed by atoms with van der Waals surface area (Å²) in [5, 5.41) is 2.79. The van der Waals surface area contributed by atoms with E-state index in [0.29, 0.717) is 6.42 Å². The van der Waals surface area contributed by atoms with E-state index in [2.05, 4.69) is 5.32 Å². The smallest absolute Gasteiger partial charge is 0.326 e. The Hall–Kier alpha value is -1.59. The Balaban J connectivity index is 1.80. The number of carbonyl (C=O) groups is 1. The molecule has 0 fully saturated rings. The van der Waals surface area contributed by atoms with Gasteiger partial charge in [0, 0.05) is 15.5 Å². The maximum atomic E-state index is 11.3. The van der Waals surface area contributed by atoms with Gasteiger partial charge in [-0.1, -0.05) is 11.8 Å². The van der Waals surface area contributed by atoms with E-state index in [1.54, 1.807) is 12.1 Å². The number of nitrogens with one attached hydrogen (secondary N) is 1. The first-order chi connectivity index (χ1) is 9.91. The number of anilines is 1. The molecular weight excluding hydrogens is 309 g/mol. The summed E-state index contributed by atoms with van der Waals surface area (Å²) in [5.74, 6) is -0.00172. The van der Waals surface area contributed by atoms with E-state index in [1.807, 2.05) is 18.2 Å². The largest absolute Gasteiger partial charge is 0.356 e. The maximum Gasteiger partial charge on any atom is 0.356 e. The van der Waals surface area contributed by atoms with Crippen LogP contribution in [0.5, 0.6) is 0 Å². The van der Waals surface area contributed by atoms with Crippen LogP contribution in [0.4, 0.5) is 5.69 Å². The molecule has 1 heterocycles. The summed E-state index contributed by atoms with van der Waals surface area (Å²) in [6, 6.07) is 11.9.